The molecule has 0 spiro atoms. The van der Waals surface area contributed by atoms with Gasteiger partial charge in [-0.2, -0.15) is 0 Å². The summed E-state index contributed by atoms with van der Waals surface area (Å²) in [6, 6.07) is 0.747. The number of ketones is 1. The van der Waals surface area contributed by atoms with Gasteiger partial charge < -0.3 is 45.5 Å². The molecule has 2 fully saturated rings. The van der Waals surface area contributed by atoms with Gasteiger partial charge in [0, 0.05) is 31.4 Å². The average molecular weight is 808 g/mol. The summed E-state index contributed by atoms with van der Waals surface area (Å²) >= 11 is 0. The van der Waals surface area contributed by atoms with Crippen molar-refractivity contribution in [3.05, 3.63) is 48.1 Å². The zero-order valence-corrected chi connectivity index (χ0v) is 33.5. The van der Waals surface area contributed by atoms with Gasteiger partial charge >= 0.3 is 5.97 Å². The van der Waals surface area contributed by atoms with Gasteiger partial charge in [0.15, 0.2) is 0 Å². The molecule has 5 amide bonds. The molecular formula is C42H57N5O11. The van der Waals surface area contributed by atoms with Crippen molar-refractivity contribution in [1.29, 1.82) is 0 Å². The van der Waals surface area contributed by atoms with Gasteiger partial charge in [0.25, 0.3) is 5.91 Å². The lowest BCUT2D eigenvalue weighted by molar-refractivity contribution is -0.145. The van der Waals surface area contributed by atoms with Crippen LogP contribution in [-0.4, -0.2) is 115 Å². The molecule has 2 aliphatic carbocycles. The fourth-order valence-corrected chi connectivity index (χ4v) is 8.21. The van der Waals surface area contributed by atoms with E-state index >= 15 is 0 Å². The van der Waals surface area contributed by atoms with E-state index in [2.05, 4.69) is 21.3 Å². The molecule has 16 heteroatoms. The fraction of sp³-hybridized carbons (Fsp3) is 0.595. The second-order valence-electron chi connectivity index (χ2n) is 15.6. The lowest BCUT2D eigenvalue weighted by Gasteiger charge is -2.35. The number of aliphatic carboxylic acids is 1. The first-order valence-electron chi connectivity index (χ1n) is 20.4. The molecule has 1 aromatic carbocycles. The highest BCUT2D eigenvalue weighted by atomic mass is 16.5. The lowest BCUT2D eigenvalue weighted by Crippen LogP contribution is -2.58. The molecule has 2 aliphatic heterocycles. The van der Waals surface area contributed by atoms with Crippen LogP contribution in [0.4, 0.5) is 0 Å². The molecule has 7 atom stereocenters. The third-order valence-electron chi connectivity index (χ3n) is 11.3. The molecule has 4 aliphatic rings. The number of hydrogen-bond acceptors (Lipinski definition) is 10. The number of ether oxygens (including phenoxy) is 3. The summed E-state index contributed by atoms with van der Waals surface area (Å²) in [6.07, 6.45) is 11.9. The van der Waals surface area contributed by atoms with Gasteiger partial charge in [-0.25, -0.2) is 4.79 Å². The summed E-state index contributed by atoms with van der Waals surface area (Å²) in [5, 5.41) is 20.2. The van der Waals surface area contributed by atoms with Gasteiger partial charge in [-0.05, 0) is 48.8 Å². The maximum Gasteiger partial charge on any atom is 0.326 e. The number of hydrogen-bond donors (Lipinski definition) is 5. The van der Waals surface area contributed by atoms with Crippen molar-refractivity contribution in [2.45, 2.75) is 108 Å². The summed E-state index contributed by atoms with van der Waals surface area (Å²) < 4.78 is 17.6. The quantitative estimate of drug-likeness (QED) is 0.182. The number of allylic oxidation sites excluding steroid dienone is 3. The summed E-state index contributed by atoms with van der Waals surface area (Å²) in [5.41, 5.74) is 0.647. The van der Waals surface area contributed by atoms with Crippen molar-refractivity contribution in [3.8, 4) is 11.5 Å². The van der Waals surface area contributed by atoms with E-state index in [-0.39, 0.29) is 50.2 Å². The Bertz CT molecular complexity index is 1740. The van der Waals surface area contributed by atoms with E-state index in [4.69, 9.17) is 14.2 Å². The summed E-state index contributed by atoms with van der Waals surface area (Å²) in [4.78, 5) is 95.1. The molecule has 0 aromatic heterocycles. The maximum atomic E-state index is 14.6. The lowest BCUT2D eigenvalue weighted by atomic mass is 9.83. The Morgan fingerprint density at radius 1 is 1.00 bits per heavy atom. The molecule has 58 heavy (non-hydrogen) atoms. The summed E-state index contributed by atoms with van der Waals surface area (Å²) in [6.45, 7) is 3.61. The first-order valence-corrected chi connectivity index (χ1v) is 20.4. The van der Waals surface area contributed by atoms with E-state index in [1.54, 1.807) is 43.4 Å². The SMILES string of the molecule is CCCC(NC(=O)[C@@H]1C[C@@H]2CN1C(=O)C(C1CCCCC1)NC(=O)Cc1cc(OC)cc(c1)OCCCO2)C(=O)C(=O)NCC(=O)N[C@H](C(=O)O)C1C=CC=CC1C. The standard InChI is InChI=1S/C42H57N5O11/c1-4-11-32(38(50)40(52)43-23-35(49)46-37(42(54)55)31-15-9-8-12-25(31)2)44-39(51)33-22-30-24-47(33)41(53)36(27-13-6-5-7-14-27)45-34(48)20-26-18-28(56-3)21-29(19-26)57-16-10-17-58-30/h8-9,12,15,18-19,21,25,27,30-33,36-37H,4-7,10-11,13-14,16-17,20,22-24H2,1-3H3,(H,43,52)(H,44,51)(H,45,48)(H,46,49)(H,54,55)/t25?,30-,31?,32?,33+,36?,37+/m1/s1. The van der Waals surface area contributed by atoms with Crippen LogP contribution in [0, 0.1) is 17.8 Å². The monoisotopic (exact) mass is 807 g/mol. The normalized spacial score (nSPS) is 25.1. The number of fused-ring (bicyclic) bond motifs is 4. The summed E-state index contributed by atoms with van der Waals surface area (Å²) in [5.74, 6) is -5.36. The molecule has 0 radical (unpaired) electrons. The van der Waals surface area contributed by atoms with Crippen LogP contribution in [0.3, 0.4) is 0 Å². The highest BCUT2D eigenvalue weighted by Gasteiger charge is 2.45. The first-order chi connectivity index (χ1) is 27.9. The number of nitrogens with one attached hydrogen (secondary N) is 4. The fourth-order valence-electron chi connectivity index (χ4n) is 8.21. The van der Waals surface area contributed by atoms with E-state index in [1.807, 2.05) is 13.0 Å². The molecule has 16 nitrogen and oxygen atoms in total. The van der Waals surface area contributed by atoms with E-state index in [1.165, 1.54) is 12.0 Å². The third kappa shape index (κ3) is 11.7. The van der Waals surface area contributed by atoms with Gasteiger partial charge in [0.2, 0.25) is 29.4 Å². The van der Waals surface area contributed by atoms with Gasteiger partial charge in [0.1, 0.15) is 29.6 Å². The molecule has 4 bridgehead atoms. The number of carboxylic acids is 1. The zero-order valence-electron chi connectivity index (χ0n) is 33.5. The van der Waals surface area contributed by atoms with Crippen LogP contribution in [0.5, 0.6) is 11.5 Å². The Kier molecular flexibility index (Phi) is 15.8. The van der Waals surface area contributed by atoms with E-state index < -0.39 is 78.1 Å². The number of methoxy groups -OCH3 is 1. The Morgan fingerprint density at radius 2 is 1.76 bits per heavy atom. The Balaban J connectivity index is 1.29. The molecule has 5 N–H and O–H groups in total. The van der Waals surface area contributed by atoms with Crippen molar-refractivity contribution >= 4 is 41.3 Å². The largest absolute Gasteiger partial charge is 0.497 e. The van der Waals surface area contributed by atoms with E-state index in [9.17, 15) is 38.7 Å². The highest BCUT2D eigenvalue weighted by Crippen LogP contribution is 2.31. The average Bonchev–Trinajstić information content (AvgIpc) is 3.64. The number of nitrogens with zero attached hydrogens (tertiary/aromatic N) is 1. The van der Waals surface area contributed by atoms with Gasteiger partial charge in [-0.1, -0.05) is 63.8 Å². The van der Waals surface area contributed by atoms with E-state index in [0.717, 1.165) is 32.1 Å². The number of amides is 5. The number of rotatable bonds is 13. The topological polar surface area (TPSA) is 219 Å². The highest BCUT2D eigenvalue weighted by molar-refractivity contribution is 6.38. The van der Waals surface area contributed by atoms with Crippen LogP contribution < -0.4 is 30.7 Å². The molecule has 5 rings (SSSR count). The number of Topliss-reactive ketones (excluding diaryl/α,β-unsaturated/α-hetero) is 1. The predicted molar refractivity (Wildman–Crippen MR) is 211 cm³/mol. The third-order valence-corrected chi connectivity index (χ3v) is 11.3. The molecule has 1 saturated carbocycles. The second-order valence-corrected chi connectivity index (χ2v) is 15.6. The first kappa shape index (κ1) is 43.9. The van der Waals surface area contributed by atoms with Gasteiger partial charge in [0.05, 0.1) is 45.4 Å². The minimum atomic E-state index is -1.27. The van der Waals surface area contributed by atoms with Gasteiger partial charge in [-0.15, -0.1) is 0 Å². The second kappa shape index (κ2) is 21.0. The number of carbonyl (C=O) groups excluding carboxylic acids is 6. The summed E-state index contributed by atoms with van der Waals surface area (Å²) in [7, 11) is 1.53. The minimum absolute atomic E-state index is 0.0287. The number of benzene rings is 1. The van der Waals surface area contributed by atoms with Crippen molar-refractivity contribution < 1.29 is 52.9 Å². The van der Waals surface area contributed by atoms with Crippen LogP contribution in [0.25, 0.3) is 0 Å². The van der Waals surface area contributed by atoms with Crippen LogP contribution in [-0.2, 0) is 44.7 Å². The van der Waals surface area contributed by atoms with E-state index in [0.29, 0.717) is 36.5 Å². The Morgan fingerprint density at radius 3 is 2.47 bits per heavy atom. The molecule has 316 valence electrons. The molecule has 1 aromatic rings. The number of carbonyl (C=O) groups is 7. The molecule has 2 heterocycles. The smallest absolute Gasteiger partial charge is 0.326 e. The van der Waals surface area contributed by atoms with Crippen LogP contribution in [0.1, 0.15) is 77.2 Å². The van der Waals surface area contributed by atoms with Crippen LogP contribution in [0.15, 0.2) is 42.5 Å². The maximum absolute atomic E-state index is 14.6. The zero-order chi connectivity index (χ0) is 41.8. The predicted octanol–water partition coefficient (Wildman–Crippen LogP) is 1.99. The minimum Gasteiger partial charge on any atom is -0.497 e. The Labute approximate surface area is 338 Å². The molecular weight excluding hydrogens is 750 g/mol. The van der Waals surface area contributed by atoms with Crippen molar-refractivity contribution in [2.24, 2.45) is 17.8 Å². The van der Waals surface area contributed by atoms with Crippen LogP contribution >= 0.6 is 0 Å². The Hall–Kier alpha value is -5.25. The van der Waals surface area contributed by atoms with Gasteiger partial charge in [-0.3, -0.25) is 28.8 Å². The van der Waals surface area contributed by atoms with Crippen molar-refractivity contribution in [3.63, 3.8) is 0 Å². The molecule has 1 saturated heterocycles. The molecule has 4 unspecified atom stereocenters. The van der Waals surface area contributed by atoms with Crippen molar-refractivity contribution in [2.75, 3.05) is 33.4 Å². The van der Waals surface area contributed by atoms with Crippen LogP contribution in [0.2, 0.25) is 0 Å². The van der Waals surface area contributed by atoms with Crippen molar-refractivity contribution in [1.82, 2.24) is 26.2 Å². The number of carboxylic acid groups (broad SMARTS) is 1.